The Hall–Kier alpha value is -1.64. The van der Waals surface area contributed by atoms with E-state index in [1.54, 1.807) is 20.8 Å². The van der Waals surface area contributed by atoms with Gasteiger partial charge in [-0.1, -0.05) is 6.07 Å². The SMILES string of the molecule is C[C@@H]1CN(c2cccc(NC(=O)[C@H]3CC[C@H](NS(=O)(=O)C(C)(C)C)CC3)c2)C[C@H](C)O1. The minimum atomic E-state index is -3.37. The van der Waals surface area contributed by atoms with Gasteiger partial charge in [-0.25, -0.2) is 13.1 Å². The Bertz CT molecular complexity index is 863. The number of hydrogen-bond donors (Lipinski definition) is 2. The Morgan fingerprint density at radius 1 is 1.06 bits per heavy atom. The Labute approximate surface area is 187 Å². The van der Waals surface area contributed by atoms with E-state index >= 15 is 0 Å². The zero-order chi connectivity index (χ0) is 22.8. The van der Waals surface area contributed by atoms with Crippen LogP contribution < -0.4 is 14.9 Å². The van der Waals surface area contributed by atoms with E-state index in [0.717, 1.165) is 24.5 Å². The molecule has 1 saturated carbocycles. The average Bonchev–Trinajstić information content (AvgIpc) is 2.67. The number of ether oxygens (including phenoxy) is 1. The third-order valence-electron chi connectivity index (χ3n) is 6.12. The number of nitrogens with one attached hydrogen (secondary N) is 2. The molecule has 7 nitrogen and oxygen atoms in total. The van der Waals surface area contributed by atoms with E-state index in [4.69, 9.17) is 4.74 Å². The summed E-state index contributed by atoms with van der Waals surface area (Å²) in [6.45, 7) is 10.9. The zero-order valence-corrected chi connectivity index (χ0v) is 20.2. The van der Waals surface area contributed by atoms with Gasteiger partial charge < -0.3 is 15.0 Å². The van der Waals surface area contributed by atoms with Crippen LogP contribution in [0.1, 0.15) is 60.3 Å². The van der Waals surface area contributed by atoms with Crippen LogP contribution in [0.5, 0.6) is 0 Å². The topological polar surface area (TPSA) is 87.7 Å². The van der Waals surface area contributed by atoms with E-state index < -0.39 is 14.8 Å². The fraction of sp³-hybridized carbons (Fsp3) is 0.696. The highest BCUT2D eigenvalue weighted by atomic mass is 32.2. The van der Waals surface area contributed by atoms with Crippen molar-refractivity contribution < 1.29 is 17.9 Å². The van der Waals surface area contributed by atoms with Crippen LogP contribution in [0.4, 0.5) is 11.4 Å². The van der Waals surface area contributed by atoms with Gasteiger partial charge >= 0.3 is 0 Å². The molecule has 0 spiro atoms. The van der Waals surface area contributed by atoms with Crippen LogP contribution in [0.15, 0.2) is 24.3 Å². The van der Waals surface area contributed by atoms with E-state index in [9.17, 15) is 13.2 Å². The molecule has 1 aliphatic carbocycles. The molecule has 1 amide bonds. The smallest absolute Gasteiger partial charge is 0.227 e. The van der Waals surface area contributed by atoms with E-state index in [1.807, 2.05) is 18.2 Å². The third kappa shape index (κ3) is 6.20. The number of rotatable bonds is 5. The summed E-state index contributed by atoms with van der Waals surface area (Å²) >= 11 is 0. The van der Waals surface area contributed by atoms with Gasteiger partial charge in [0.25, 0.3) is 0 Å². The molecule has 2 N–H and O–H groups in total. The maximum absolute atomic E-state index is 12.8. The zero-order valence-electron chi connectivity index (χ0n) is 19.3. The van der Waals surface area contributed by atoms with Crippen LogP contribution in [0.25, 0.3) is 0 Å². The van der Waals surface area contributed by atoms with Gasteiger partial charge in [-0.2, -0.15) is 0 Å². The highest BCUT2D eigenvalue weighted by Crippen LogP contribution is 2.28. The number of nitrogens with zero attached hydrogens (tertiary/aromatic N) is 1. The van der Waals surface area contributed by atoms with E-state index in [1.165, 1.54) is 0 Å². The van der Waals surface area contributed by atoms with Crippen LogP contribution in [0.3, 0.4) is 0 Å². The molecule has 1 aromatic carbocycles. The number of carbonyl (C=O) groups is 1. The maximum Gasteiger partial charge on any atom is 0.227 e. The molecule has 1 aliphatic heterocycles. The quantitative estimate of drug-likeness (QED) is 0.715. The predicted octanol–water partition coefficient (Wildman–Crippen LogP) is 3.52. The maximum atomic E-state index is 12.8. The van der Waals surface area contributed by atoms with Crippen LogP contribution in [0, 0.1) is 5.92 Å². The fourth-order valence-corrected chi connectivity index (χ4v) is 5.31. The summed E-state index contributed by atoms with van der Waals surface area (Å²) in [6.07, 6.45) is 3.07. The first-order valence-electron chi connectivity index (χ1n) is 11.3. The second-order valence-electron chi connectivity index (χ2n) is 9.98. The third-order valence-corrected chi connectivity index (χ3v) is 8.38. The molecule has 0 unspecified atom stereocenters. The largest absolute Gasteiger partial charge is 0.372 e. The number of anilines is 2. The number of morpholine rings is 1. The highest BCUT2D eigenvalue weighted by molar-refractivity contribution is 7.90. The molecular weight excluding hydrogens is 414 g/mol. The molecule has 0 aromatic heterocycles. The first-order valence-corrected chi connectivity index (χ1v) is 12.8. The molecule has 8 heteroatoms. The van der Waals surface area contributed by atoms with Gasteiger partial charge in [-0.3, -0.25) is 4.79 Å². The van der Waals surface area contributed by atoms with Crippen molar-refractivity contribution in [3.05, 3.63) is 24.3 Å². The molecular formula is C23H37N3O4S. The van der Waals surface area contributed by atoms with E-state index in [-0.39, 0.29) is 30.1 Å². The first kappa shape index (κ1) is 24.0. The number of amides is 1. The summed E-state index contributed by atoms with van der Waals surface area (Å²) in [4.78, 5) is 15.1. The van der Waals surface area contributed by atoms with E-state index in [2.05, 4.69) is 34.9 Å². The number of hydrogen-bond acceptors (Lipinski definition) is 5. The minimum absolute atomic E-state index is 0.0120. The second-order valence-corrected chi connectivity index (χ2v) is 12.5. The lowest BCUT2D eigenvalue weighted by atomic mass is 9.86. The summed E-state index contributed by atoms with van der Waals surface area (Å²) in [5.74, 6) is -0.0829. The van der Waals surface area contributed by atoms with Crippen molar-refractivity contribution in [2.45, 2.75) is 83.3 Å². The van der Waals surface area contributed by atoms with Crippen molar-refractivity contribution in [1.82, 2.24) is 4.72 Å². The van der Waals surface area contributed by atoms with Crippen molar-refractivity contribution in [2.24, 2.45) is 5.92 Å². The lowest BCUT2D eigenvalue weighted by molar-refractivity contribution is -0.120. The molecule has 1 heterocycles. The van der Waals surface area contributed by atoms with E-state index in [0.29, 0.717) is 25.7 Å². The van der Waals surface area contributed by atoms with Gasteiger partial charge in [0.1, 0.15) is 0 Å². The fourth-order valence-electron chi connectivity index (χ4n) is 4.28. The summed E-state index contributed by atoms with van der Waals surface area (Å²) in [5.41, 5.74) is 1.88. The van der Waals surface area contributed by atoms with Crippen LogP contribution in [0.2, 0.25) is 0 Å². The van der Waals surface area contributed by atoms with Gasteiger partial charge in [0.2, 0.25) is 15.9 Å². The normalized spacial score (nSPS) is 27.7. The summed E-state index contributed by atoms with van der Waals surface area (Å²) < 4.78 is 32.6. The average molecular weight is 452 g/mol. The Kier molecular flexibility index (Phi) is 7.33. The van der Waals surface area contributed by atoms with Crippen LogP contribution >= 0.6 is 0 Å². The standard InChI is InChI=1S/C23H37N3O4S/c1-16-14-26(15-17(2)30-16)21-8-6-7-20(13-21)24-22(27)18-9-11-19(12-10-18)25-31(28,29)23(3,4)5/h6-8,13,16-19,25H,9-12,14-15H2,1-5H3,(H,24,27)/t16-,17+,18-,19-. The molecule has 3 rings (SSSR count). The number of carbonyl (C=O) groups excluding carboxylic acids is 1. The number of benzene rings is 1. The van der Waals surface area contributed by atoms with Gasteiger partial charge in [-0.05, 0) is 78.5 Å². The van der Waals surface area contributed by atoms with Crippen molar-refractivity contribution in [2.75, 3.05) is 23.3 Å². The Morgan fingerprint density at radius 2 is 1.68 bits per heavy atom. The molecule has 2 aliphatic rings. The molecule has 1 saturated heterocycles. The summed E-state index contributed by atoms with van der Waals surface area (Å²) in [6, 6.07) is 7.87. The molecule has 0 radical (unpaired) electrons. The molecule has 31 heavy (non-hydrogen) atoms. The Morgan fingerprint density at radius 3 is 2.26 bits per heavy atom. The molecule has 174 valence electrons. The lowest BCUT2D eigenvalue weighted by Gasteiger charge is -2.37. The molecule has 0 bridgehead atoms. The van der Waals surface area contributed by atoms with Crippen molar-refractivity contribution in [3.63, 3.8) is 0 Å². The molecule has 2 fully saturated rings. The van der Waals surface area contributed by atoms with Gasteiger partial charge in [0.15, 0.2) is 0 Å². The second kappa shape index (κ2) is 9.46. The predicted molar refractivity (Wildman–Crippen MR) is 125 cm³/mol. The monoisotopic (exact) mass is 451 g/mol. The summed E-state index contributed by atoms with van der Waals surface area (Å²) in [5, 5.41) is 3.07. The lowest BCUT2D eigenvalue weighted by Crippen LogP contribution is -2.46. The van der Waals surface area contributed by atoms with Gasteiger partial charge in [-0.15, -0.1) is 0 Å². The molecule has 1 aromatic rings. The van der Waals surface area contributed by atoms with Crippen molar-refractivity contribution in [3.8, 4) is 0 Å². The Balaban J connectivity index is 1.55. The molecule has 2 atom stereocenters. The van der Waals surface area contributed by atoms with Crippen molar-refractivity contribution >= 4 is 27.3 Å². The first-order chi connectivity index (χ1) is 14.4. The van der Waals surface area contributed by atoms with Crippen LogP contribution in [-0.2, 0) is 19.6 Å². The minimum Gasteiger partial charge on any atom is -0.372 e. The number of sulfonamides is 1. The van der Waals surface area contributed by atoms with Crippen LogP contribution in [-0.4, -0.2) is 50.4 Å². The van der Waals surface area contributed by atoms with Gasteiger partial charge in [0, 0.05) is 36.4 Å². The van der Waals surface area contributed by atoms with Crippen molar-refractivity contribution in [1.29, 1.82) is 0 Å². The highest BCUT2D eigenvalue weighted by Gasteiger charge is 2.34. The van der Waals surface area contributed by atoms with Gasteiger partial charge in [0.05, 0.1) is 17.0 Å². The summed E-state index contributed by atoms with van der Waals surface area (Å²) in [7, 11) is -3.37.